The van der Waals surface area contributed by atoms with Crippen LogP contribution in [-0.4, -0.2) is 15.6 Å². The molecule has 0 fully saturated rings. The number of rotatable bonds is 4. The Balaban J connectivity index is 3.15. The number of nitrogens with zero attached hydrogens (tertiary/aromatic N) is 1. The molecule has 0 bridgehead atoms. The van der Waals surface area contributed by atoms with E-state index >= 15 is 0 Å². The zero-order valence-corrected chi connectivity index (χ0v) is 8.51. The maximum absolute atomic E-state index is 11.4. The summed E-state index contributed by atoms with van der Waals surface area (Å²) in [5.74, 6) is -1.01. The van der Waals surface area contributed by atoms with Gasteiger partial charge in [-0.1, -0.05) is 13.3 Å². The number of pyridine rings is 1. The lowest BCUT2D eigenvalue weighted by molar-refractivity contribution is -0.141. The highest BCUT2D eigenvalue weighted by molar-refractivity contribution is 5.71. The topological polar surface area (TPSA) is 85.3 Å². The molecule has 0 spiro atoms. The highest BCUT2D eigenvalue weighted by atomic mass is 16.4. The predicted octanol–water partition coefficient (Wildman–Crippen LogP) is 0.856. The number of aliphatic carboxylic acids is 1. The van der Waals surface area contributed by atoms with Crippen molar-refractivity contribution in [2.75, 3.05) is 5.73 Å². The molecule has 15 heavy (non-hydrogen) atoms. The van der Waals surface area contributed by atoms with Crippen LogP contribution in [0.15, 0.2) is 23.1 Å². The van der Waals surface area contributed by atoms with Crippen LogP contribution in [0, 0.1) is 0 Å². The van der Waals surface area contributed by atoms with Crippen molar-refractivity contribution in [3.8, 4) is 0 Å². The van der Waals surface area contributed by atoms with Crippen LogP contribution in [0.5, 0.6) is 0 Å². The molecular formula is C10H14N2O3. The summed E-state index contributed by atoms with van der Waals surface area (Å²) in [6, 6.07) is 1.91. The van der Waals surface area contributed by atoms with Gasteiger partial charge >= 0.3 is 5.97 Å². The van der Waals surface area contributed by atoms with E-state index in [0.29, 0.717) is 18.5 Å². The standard InChI is InChI=1S/C10H14N2O3/c1-2-3-8(10(14)15)12-6-7(11)4-5-9(12)13/h4-6,8H,2-3,11H2,1H3,(H,14,15). The Labute approximate surface area is 87.1 Å². The van der Waals surface area contributed by atoms with E-state index in [1.165, 1.54) is 22.9 Å². The van der Waals surface area contributed by atoms with Crippen LogP contribution in [0.1, 0.15) is 25.8 Å². The molecule has 0 saturated heterocycles. The van der Waals surface area contributed by atoms with Crippen molar-refractivity contribution in [2.24, 2.45) is 0 Å². The number of hydrogen-bond donors (Lipinski definition) is 2. The van der Waals surface area contributed by atoms with Crippen LogP contribution in [-0.2, 0) is 4.79 Å². The minimum absolute atomic E-state index is 0.343. The smallest absolute Gasteiger partial charge is 0.326 e. The van der Waals surface area contributed by atoms with Gasteiger partial charge in [0, 0.05) is 18.0 Å². The molecule has 3 N–H and O–H groups in total. The lowest BCUT2D eigenvalue weighted by Gasteiger charge is -2.14. The Morgan fingerprint density at radius 3 is 2.80 bits per heavy atom. The molecule has 1 aromatic heterocycles. The van der Waals surface area contributed by atoms with Crippen LogP contribution in [0.4, 0.5) is 5.69 Å². The molecule has 0 saturated carbocycles. The van der Waals surface area contributed by atoms with E-state index in [0.717, 1.165) is 0 Å². The van der Waals surface area contributed by atoms with Gasteiger partial charge in [-0.25, -0.2) is 4.79 Å². The second kappa shape index (κ2) is 4.63. The first-order valence-electron chi connectivity index (χ1n) is 4.76. The first-order chi connectivity index (χ1) is 7.06. The van der Waals surface area contributed by atoms with Gasteiger partial charge in [0.2, 0.25) is 0 Å². The van der Waals surface area contributed by atoms with Crippen LogP contribution in [0.3, 0.4) is 0 Å². The largest absolute Gasteiger partial charge is 0.480 e. The first-order valence-corrected chi connectivity index (χ1v) is 4.76. The van der Waals surface area contributed by atoms with E-state index in [4.69, 9.17) is 10.8 Å². The highest BCUT2D eigenvalue weighted by Gasteiger charge is 2.19. The normalized spacial score (nSPS) is 12.3. The Morgan fingerprint density at radius 1 is 1.60 bits per heavy atom. The predicted molar refractivity (Wildman–Crippen MR) is 56.7 cm³/mol. The van der Waals surface area contributed by atoms with Crippen LogP contribution in [0.2, 0.25) is 0 Å². The van der Waals surface area contributed by atoms with Gasteiger partial charge in [-0.3, -0.25) is 9.36 Å². The Bertz CT molecular complexity index is 411. The average molecular weight is 210 g/mol. The van der Waals surface area contributed by atoms with Crippen molar-refractivity contribution in [2.45, 2.75) is 25.8 Å². The number of carbonyl (C=O) groups is 1. The third-order valence-electron chi connectivity index (χ3n) is 2.14. The summed E-state index contributed by atoms with van der Waals surface area (Å²) in [5.41, 5.74) is 5.55. The molecule has 5 nitrogen and oxygen atoms in total. The molecule has 1 rings (SSSR count). The van der Waals surface area contributed by atoms with E-state index in [1.807, 2.05) is 6.92 Å². The lowest BCUT2D eigenvalue weighted by Crippen LogP contribution is -2.29. The van der Waals surface area contributed by atoms with Gasteiger partial charge in [0.05, 0.1) is 0 Å². The maximum Gasteiger partial charge on any atom is 0.326 e. The van der Waals surface area contributed by atoms with E-state index in [2.05, 4.69) is 0 Å². The summed E-state index contributed by atoms with van der Waals surface area (Å²) in [4.78, 5) is 22.4. The molecule has 0 amide bonds. The van der Waals surface area contributed by atoms with Crippen molar-refractivity contribution in [3.63, 3.8) is 0 Å². The van der Waals surface area contributed by atoms with Crippen LogP contribution >= 0.6 is 0 Å². The van der Waals surface area contributed by atoms with Crippen molar-refractivity contribution < 1.29 is 9.90 Å². The third kappa shape index (κ3) is 2.59. The average Bonchev–Trinajstić information content (AvgIpc) is 2.18. The Morgan fingerprint density at radius 2 is 2.27 bits per heavy atom. The molecule has 0 radical (unpaired) electrons. The SMILES string of the molecule is CCCC(C(=O)O)n1cc(N)ccc1=O. The minimum atomic E-state index is -1.01. The molecule has 1 unspecified atom stereocenters. The molecule has 1 aromatic rings. The summed E-state index contributed by atoms with van der Waals surface area (Å²) in [6.45, 7) is 1.87. The van der Waals surface area contributed by atoms with E-state index < -0.39 is 12.0 Å². The maximum atomic E-state index is 11.4. The Hall–Kier alpha value is -1.78. The fraction of sp³-hybridized carbons (Fsp3) is 0.400. The number of nitrogen functional groups attached to an aromatic ring is 1. The molecule has 1 atom stereocenters. The lowest BCUT2D eigenvalue weighted by atomic mass is 10.1. The Kier molecular flexibility index (Phi) is 3.49. The molecule has 82 valence electrons. The molecule has 0 aliphatic carbocycles. The number of carboxylic acid groups (broad SMARTS) is 1. The van der Waals surface area contributed by atoms with Crippen LogP contribution < -0.4 is 11.3 Å². The fourth-order valence-corrected chi connectivity index (χ4v) is 1.42. The monoisotopic (exact) mass is 210 g/mol. The number of carboxylic acids is 1. The number of nitrogens with two attached hydrogens (primary N) is 1. The molecule has 0 aliphatic heterocycles. The van der Waals surface area contributed by atoms with Crippen molar-refractivity contribution in [1.82, 2.24) is 4.57 Å². The first kappa shape index (κ1) is 11.3. The minimum Gasteiger partial charge on any atom is -0.480 e. The van der Waals surface area contributed by atoms with Gasteiger partial charge in [0.25, 0.3) is 5.56 Å². The van der Waals surface area contributed by atoms with Crippen molar-refractivity contribution in [1.29, 1.82) is 0 Å². The number of anilines is 1. The van der Waals surface area contributed by atoms with Gasteiger partial charge < -0.3 is 10.8 Å². The van der Waals surface area contributed by atoms with E-state index in [-0.39, 0.29) is 5.56 Å². The zero-order valence-electron chi connectivity index (χ0n) is 8.51. The van der Waals surface area contributed by atoms with Gasteiger partial charge in [0.15, 0.2) is 0 Å². The number of hydrogen-bond acceptors (Lipinski definition) is 3. The summed E-state index contributed by atoms with van der Waals surface area (Å²) < 4.78 is 1.17. The second-order valence-corrected chi connectivity index (χ2v) is 3.35. The van der Waals surface area contributed by atoms with Crippen molar-refractivity contribution in [3.05, 3.63) is 28.7 Å². The van der Waals surface area contributed by atoms with Gasteiger partial charge in [-0.2, -0.15) is 0 Å². The van der Waals surface area contributed by atoms with Crippen molar-refractivity contribution >= 4 is 11.7 Å². The molecular weight excluding hydrogens is 196 g/mol. The van der Waals surface area contributed by atoms with Gasteiger partial charge in [-0.05, 0) is 12.5 Å². The summed E-state index contributed by atoms with van der Waals surface area (Å²) in [6.07, 6.45) is 2.48. The summed E-state index contributed by atoms with van der Waals surface area (Å²) in [5, 5.41) is 8.97. The fourth-order valence-electron chi connectivity index (χ4n) is 1.42. The zero-order chi connectivity index (χ0) is 11.4. The molecule has 0 aromatic carbocycles. The van der Waals surface area contributed by atoms with Gasteiger partial charge in [0.1, 0.15) is 6.04 Å². The third-order valence-corrected chi connectivity index (χ3v) is 2.14. The molecule has 1 heterocycles. The second-order valence-electron chi connectivity index (χ2n) is 3.35. The quantitative estimate of drug-likeness (QED) is 0.771. The van der Waals surface area contributed by atoms with Gasteiger partial charge in [-0.15, -0.1) is 0 Å². The number of aromatic nitrogens is 1. The molecule has 5 heteroatoms. The summed E-state index contributed by atoms with van der Waals surface area (Å²) >= 11 is 0. The summed E-state index contributed by atoms with van der Waals surface area (Å²) in [7, 11) is 0. The highest BCUT2D eigenvalue weighted by Crippen LogP contribution is 2.13. The van der Waals surface area contributed by atoms with E-state index in [1.54, 1.807) is 0 Å². The van der Waals surface area contributed by atoms with E-state index in [9.17, 15) is 9.59 Å². The molecule has 0 aliphatic rings. The van der Waals surface area contributed by atoms with Crippen LogP contribution in [0.25, 0.3) is 0 Å².